The average Bonchev–Trinajstić information content (AvgIpc) is 3.28. The molecule has 4 aliphatic rings. The van der Waals surface area contributed by atoms with Gasteiger partial charge in [0.15, 0.2) is 0 Å². The maximum absolute atomic E-state index is 14.3. The molecule has 0 spiro atoms. The van der Waals surface area contributed by atoms with Crippen molar-refractivity contribution in [2.45, 2.75) is 118 Å². The Labute approximate surface area is 280 Å². The number of allylic oxidation sites excluding steroid dienone is 2. The van der Waals surface area contributed by atoms with Gasteiger partial charge in [0.05, 0.1) is 12.2 Å². The lowest BCUT2D eigenvalue weighted by atomic mass is 9.36. The molecular weight excluding hydrogens is 588 g/mol. The number of hydrogen-bond donors (Lipinski definition) is 2. The topological polar surface area (TPSA) is 93.1 Å². The Bertz CT molecular complexity index is 1600. The fourth-order valence-electron chi connectivity index (χ4n) is 11.2. The monoisotopic (exact) mass is 642 g/mol. The lowest BCUT2D eigenvalue weighted by Gasteiger charge is -2.69. The molecule has 6 nitrogen and oxygen atoms in total. The summed E-state index contributed by atoms with van der Waals surface area (Å²) in [6.45, 7) is 14.8. The van der Waals surface area contributed by atoms with Crippen LogP contribution in [0.25, 0.3) is 10.8 Å². The summed E-state index contributed by atoms with van der Waals surface area (Å²) < 4.78 is 12.3. The molecule has 2 N–H and O–H groups in total. The summed E-state index contributed by atoms with van der Waals surface area (Å²) in [5.41, 5.74) is 1.91. The number of carbonyl (C=O) groups excluding carboxylic acids is 2. The highest BCUT2D eigenvalue weighted by Crippen LogP contribution is 2.74. The zero-order valence-electron chi connectivity index (χ0n) is 29.3. The van der Waals surface area contributed by atoms with Crippen molar-refractivity contribution in [1.29, 1.82) is 0 Å². The molecule has 4 aliphatic carbocycles. The van der Waals surface area contributed by atoms with Crippen LogP contribution in [0.1, 0.15) is 99.8 Å². The summed E-state index contributed by atoms with van der Waals surface area (Å²) in [5, 5.41) is 25.1. The lowest BCUT2D eigenvalue weighted by Crippen LogP contribution is -2.65. The molecule has 4 saturated carbocycles. The molecule has 0 heterocycles. The van der Waals surface area contributed by atoms with Gasteiger partial charge in [0.25, 0.3) is 0 Å². The third kappa shape index (κ3) is 5.67. The number of esters is 2. The summed E-state index contributed by atoms with van der Waals surface area (Å²) in [6, 6.07) is 13.7. The summed E-state index contributed by atoms with van der Waals surface area (Å²) in [4.78, 5) is 27.0. The average molecular weight is 643 g/mol. The summed E-state index contributed by atoms with van der Waals surface area (Å²) in [6.07, 6.45) is 6.50. The molecule has 0 aromatic heterocycles. The predicted molar refractivity (Wildman–Crippen MR) is 184 cm³/mol. The Balaban J connectivity index is 1.44. The first-order chi connectivity index (χ1) is 22.2. The van der Waals surface area contributed by atoms with E-state index in [1.165, 1.54) is 12.5 Å². The highest BCUT2D eigenvalue weighted by atomic mass is 16.5. The van der Waals surface area contributed by atoms with Crippen LogP contribution in [0.4, 0.5) is 0 Å². The Kier molecular flexibility index (Phi) is 9.01. The molecule has 0 radical (unpaired) electrons. The molecule has 6 heteroatoms. The van der Waals surface area contributed by atoms with Crippen molar-refractivity contribution in [1.82, 2.24) is 0 Å². The van der Waals surface area contributed by atoms with Gasteiger partial charge < -0.3 is 19.7 Å². The van der Waals surface area contributed by atoms with Crippen LogP contribution in [0.15, 0.2) is 65.3 Å². The molecule has 4 fully saturated rings. The third-order valence-electron chi connectivity index (χ3n) is 13.5. The maximum atomic E-state index is 14.3. The second-order valence-corrected chi connectivity index (χ2v) is 16.2. The van der Waals surface area contributed by atoms with Gasteiger partial charge in [0.2, 0.25) is 0 Å². The standard InChI is InChI=1S/C41H54O6/c1-24(2)11-10-14-30(38(45)47-29-16-15-27-12-8-9-13-28(27)21-29)36-32-22-34(44)37-39(5)19-18-33(43)25(3)31(39)17-20-40(37,6)41(32,7)23-35(36)46-26(4)42/h8-9,11-13,15-16,21,25,31-35,37,43-44H,10,14,17-20,22-23H2,1-7H3/b36-30-/t25-,31-,32-,33+,34+,35-,37-,39-,40-,41-/m0/s1. The van der Waals surface area contributed by atoms with Crippen molar-refractivity contribution >= 4 is 22.7 Å². The number of benzene rings is 2. The third-order valence-corrected chi connectivity index (χ3v) is 13.5. The van der Waals surface area contributed by atoms with Crippen molar-refractivity contribution in [2.75, 3.05) is 0 Å². The van der Waals surface area contributed by atoms with Gasteiger partial charge in [-0.2, -0.15) is 0 Å². The van der Waals surface area contributed by atoms with Crippen LogP contribution in [0.2, 0.25) is 0 Å². The van der Waals surface area contributed by atoms with Crippen molar-refractivity contribution in [3.05, 3.63) is 65.3 Å². The van der Waals surface area contributed by atoms with E-state index in [-0.39, 0.29) is 46.1 Å². The van der Waals surface area contributed by atoms with Crippen molar-refractivity contribution in [3.63, 3.8) is 0 Å². The highest BCUT2D eigenvalue weighted by Gasteiger charge is 2.70. The van der Waals surface area contributed by atoms with E-state index in [9.17, 15) is 19.8 Å². The second-order valence-electron chi connectivity index (χ2n) is 16.2. The number of rotatable bonds is 6. The Morgan fingerprint density at radius 1 is 0.936 bits per heavy atom. The number of hydrogen-bond acceptors (Lipinski definition) is 6. The normalized spacial score (nSPS) is 38.9. The van der Waals surface area contributed by atoms with Crippen molar-refractivity contribution in [2.24, 2.45) is 39.9 Å². The van der Waals surface area contributed by atoms with E-state index < -0.39 is 18.2 Å². The maximum Gasteiger partial charge on any atom is 0.339 e. The molecule has 0 saturated heterocycles. The van der Waals surface area contributed by atoms with Gasteiger partial charge in [0.1, 0.15) is 11.9 Å². The molecule has 10 atom stereocenters. The van der Waals surface area contributed by atoms with Gasteiger partial charge in [-0.1, -0.05) is 69.7 Å². The van der Waals surface area contributed by atoms with E-state index in [0.717, 1.165) is 42.0 Å². The fourth-order valence-corrected chi connectivity index (χ4v) is 11.2. The molecular formula is C41H54O6. The Hall–Kier alpha value is -2.96. The largest absolute Gasteiger partial charge is 0.458 e. The summed E-state index contributed by atoms with van der Waals surface area (Å²) >= 11 is 0. The van der Waals surface area contributed by atoms with Crippen LogP contribution in [0, 0.1) is 39.9 Å². The first-order valence-electron chi connectivity index (χ1n) is 17.8. The molecule has 6 rings (SSSR count). The van der Waals surface area contributed by atoms with E-state index in [2.05, 4.69) is 47.6 Å². The molecule has 0 bridgehead atoms. The fraction of sp³-hybridized carbons (Fsp3) is 0.610. The van der Waals surface area contributed by atoms with Crippen molar-refractivity contribution < 1.29 is 29.3 Å². The van der Waals surface area contributed by atoms with Crippen LogP contribution < -0.4 is 4.74 Å². The molecule has 0 unspecified atom stereocenters. The lowest BCUT2D eigenvalue weighted by molar-refractivity contribution is -0.234. The van der Waals surface area contributed by atoms with E-state index in [4.69, 9.17) is 9.47 Å². The van der Waals surface area contributed by atoms with E-state index in [0.29, 0.717) is 42.9 Å². The number of aliphatic hydroxyl groups is 2. The molecule has 0 amide bonds. The Morgan fingerprint density at radius 2 is 1.66 bits per heavy atom. The number of fused-ring (bicyclic) bond motifs is 6. The van der Waals surface area contributed by atoms with E-state index in [1.807, 2.05) is 42.5 Å². The van der Waals surface area contributed by atoms with E-state index in [1.54, 1.807) is 0 Å². The molecule has 47 heavy (non-hydrogen) atoms. The minimum Gasteiger partial charge on any atom is -0.458 e. The van der Waals surface area contributed by atoms with Crippen LogP contribution in [-0.4, -0.2) is 40.5 Å². The van der Waals surface area contributed by atoms with Crippen LogP contribution in [-0.2, 0) is 14.3 Å². The van der Waals surface area contributed by atoms with Gasteiger partial charge in [-0.15, -0.1) is 0 Å². The van der Waals surface area contributed by atoms with Crippen molar-refractivity contribution in [3.8, 4) is 5.75 Å². The molecule has 2 aromatic rings. The quantitative estimate of drug-likeness (QED) is 0.142. The number of aliphatic hydroxyl groups excluding tert-OH is 2. The van der Waals surface area contributed by atoms with Gasteiger partial charge in [0, 0.05) is 12.5 Å². The number of carbonyl (C=O) groups is 2. The molecule has 2 aromatic carbocycles. The zero-order valence-corrected chi connectivity index (χ0v) is 29.3. The van der Waals surface area contributed by atoms with Crippen LogP contribution in [0.5, 0.6) is 5.75 Å². The van der Waals surface area contributed by atoms with Gasteiger partial charge >= 0.3 is 11.9 Å². The minimum absolute atomic E-state index is 0.0425. The second kappa shape index (κ2) is 12.5. The van der Waals surface area contributed by atoms with Crippen LogP contribution >= 0.6 is 0 Å². The predicted octanol–water partition coefficient (Wildman–Crippen LogP) is 8.34. The first-order valence-corrected chi connectivity index (χ1v) is 17.8. The van der Waals surface area contributed by atoms with E-state index >= 15 is 0 Å². The van der Waals surface area contributed by atoms with Gasteiger partial charge in [-0.05, 0) is 134 Å². The SMILES string of the molecule is CC(=O)O[C@H]1C[C@@]2(C)[C@@H](C[C@@H](O)[C@H]3[C@@]4(C)CC[C@@H](O)[C@@H](C)[C@@H]4CC[C@@]32C)/C1=C(\CCC=C(C)C)C(=O)Oc1ccc2ccccc2c1. The zero-order chi connectivity index (χ0) is 33.9. The summed E-state index contributed by atoms with van der Waals surface area (Å²) in [7, 11) is 0. The Morgan fingerprint density at radius 3 is 2.36 bits per heavy atom. The molecule has 254 valence electrons. The minimum atomic E-state index is -0.574. The van der Waals surface area contributed by atoms with Gasteiger partial charge in [-0.3, -0.25) is 4.79 Å². The first kappa shape index (κ1) is 33.9. The summed E-state index contributed by atoms with van der Waals surface area (Å²) in [5.74, 6) is 0.142. The van der Waals surface area contributed by atoms with Gasteiger partial charge in [-0.25, -0.2) is 4.79 Å². The smallest absolute Gasteiger partial charge is 0.339 e. The van der Waals surface area contributed by atoms with Crippen LogP contribution in [0.3, 0.4) is 0 Å². The highest BCUT2D eigenvalue weighted by molar-refractivity contribution is 5.92. The molecule has 0 aliphatic heterocycles. The number of ether oxygens (including phenoxy) is 2.